The SMILES string of the molecule is O=C(O)C(Cc1ccc(Cl)c(Cl)c1)=S(=O)=O. The Hall–Kier alpha value is -1.04. The summed E-state index contributed by atoms with van der Waals surface area (Å²) in [4.78, 5) is 10.00. The number of hydrogen-bond donors (Lipinski definition) is 1. The van der Waals surface area contributed by atoms with Gasteiger partial charge in [-0.05, 0) is 17.7 Å². The number of carbonyl (C=O) groups is 1. The van der Waals surface area contributed by atoms with Gasteiger partial charge in [-0.3, -0.25) is 0 Å². The Kier molecular flexibility index (Phi) is 4.35. The molecule has 0 aliphatic carbocycles. The predicted molar refractivity (Wildman–Crippen MR) is 61.7 cm³/mol. The van der Waals surface area contributed by atoms with Crippen LogP contribution >= 0.6 is 23.2 Å². The van der Waals surface area contributed by atoms with Gasteiger partial charge >= 0.3 is 5.97 Å². The molecule has 0 saturated heterocycles. The summed E-state index contributed by atoms with van der Waals surface area (Å²) in [6.45, 7) is 0. The minimum atomic E-state index is -2.75. The fourth-order valence-corrected chi connectivity index (χ4v) is 1.79. The van der Waals surface area contributed by atoms with E-state index in [1.54, 1.807) is 0 Å². The van der Waals surface area contributed by atoms with Crippen LogP contribution in [0.2, 0.25) is 10.0 Å². The molecule has 1 rings (SSSR count). The Morgan fingerprint density at radius 2 is 1.88 bits per heavy atom. The molecule has 0 heterocycles. The number of benzene rings is 1. The number of aliphatic carboxylic acids is 1. The highest BCUT2D eigenvalue weighted by molar-refractivity contribution is 7.74. The quantitative estimate of drug-likeness (QED) is 0.855. The molecule has 0 fully saturated rings. The minimum Gasteiger partial charge on any atom is -0.477 e. The van der Waals surface area contributed by atoms with Crippen LogP contribution in [0, 0.1) is 0 Å². The molecule has 0 amide bonds. The molecule has 0 bridgehead atoms. The van der Waals surface area contributed by atoms with Crippen LogP contribution in [0.15, 0.2) is 18.2 Å². The highest BCUT2D eigenvalue weighted by Gasteiger charge is 2.13. The highest BCUT2D eigenvalue weighted by Crippen LogP contribution is 2.22. The molecule has 1 N–H and O–H groups in total. The summed E-state index contributed by atoms with van der Waals surface area (Å²) in [5, 5.41) is 9.21. The first-order chi connectivity index (χ1) is 7.41. The third-order valence-corrected chi connectivity index (χ3v) is 3.25. The molecule has 0 aliphatic heterocycles. The Bertz CT molecular complexity index is 555. The summed E-state index contributed by atoms with van der Waals surface area (Å²) < 4.78 is 21.2. The zero-order chi connectivity index (χ0) is 12.3. The summed E-state index contributed by atoms with van der Waals surface area (Å²) in [5.41, 5.74) is 0.469. The molecule has 1 aromatic carbocycles. The lowest BCUT2D eigenvalue weighted by molar-refractivity contribution is -0.129. The lowest BCUT2D eigenvalue weighted by Gasteiger charge is -2.01. The predicted octanol–water partition coefficient (Wildman–Crippen LogP) is 1.67. The molecule has 7 heteroatoms. The normalized spacial score (nSPS) is 9.88. The lowest BCUT2D eigenvalue weighted by atomic mass is 10.1. The lowest BCUT2D eigenvalue weighted by Crippen LogP contribution is -2.16. The molecule has 0 aromatic heterocycles. The number of hydrogen-bond acceptors (Lipinski definition) is 3. The first kappa shape index (κ1) is 13.0. The van der Waals surface area contributed by atoms with Crippen LogP contribution in [0.25, 0.3) is 0 Å². The zero-order valence-corrected chi connectivity index (χ0v) is 10.1. The van der Waals surface area contributed by atoms with Gasteiger partial charge < -0.3 is 5.11 Å². The minimum absolute atomic E-state index is 0.220. The van der Waals surface area contributed by atoms with Gasteiger partial charge in [0.15, 0.2) is 4.86 Å². The van der Waals surface area contributed by atoms with Gasteiger partial charge in [0, 0.05) is 6.42 Å². The van der Waals surface area contributed by atoms with Gasteiger partial charge in [0.2, 0.25) is 10.3 Å². The maximum Gasteiger partial charge on any atom is 0.347 e. The van der Waals surface area contributed by atoms with Crippen molar-refractivity contribution in [1.29, 1.82) is 0 Å². The smallest absolute Gasteiger partial charge is 0.347 e. The standard InChI is InChI=1S/C9H6Cl2O4S/c10-6-2-1-5(3-7(6)11)4-8(9(12)13)16(14)15/h1-3H,4H2,(H,12,13). The van der Waals surface area contributed by atoms with E-state index in [0.29, 0.717) is 10.6 Å². The van der Waals surface area contributed by atoms with E-state index in [4.69, 9.17) is 28.3 Å². The molecule has 86 valence electrons. The van der Waals surface area contributed by atoms with E-state index < -0.39 is 21.1 Å². The van der Waals surface area contributed by atoms with Crippen molar-refractivity contribution in [3.63, 3.8) is 0 Å². The first-order valence-corrected chi connectivity index (χ1v) is 5.87. The maximum atomic E-state index is 10.6. The highest BCUT2D eigenvalue weighted by atomic mass is 35.5. The Morgan fingerprint density at radius 1 is 1.25 bits per heavy atom. The monoisotopic (exact) mass is 280 g/mol. The summed E-state index contributed by atoms with van der Waals surface area (Å²) in [6.07, 6.45) is -0.220. The van der Waals surface area contributed by atoms with E-state index in [1.807, 2.05) is 0 Å². The summed E-state index contributed by atoms with van der Waals surface area (Å²) >= 11 is 11.4. The Labute approximate surface area is 103 Å². The van der Waals surface area contributed by atoms with Crippen LogP contribution < -0.4 is 0 Å². The second-order valence-electron chi connectivity index (χ2n) is 2.89. The second kappa shape index (κ2) is 5.34. The second-order valence-corrected chi connectivity index (χ2v) is 4.66. The van der Waals surface area contributed by atoms with Crippen molar-refractivity contribution in [3.8, 4) is 0 Å². The van der Waals surface area contributed by atoms with Crippen molar-refractivity contribution in [1.82, 2.24) is 0 Å². The fraction of sp³-hybridized carbons (Fsp3) is 0.111. The van der Waals surface area contributed by atoms with E-state index in [0.717, 1.165) is 0 Å². The molecular weight excluding hydrogens is 275 g/mol. The van der Waals surface area contributed by atoms with Crippen molar-refractivity contribution in [2.75, 3.05) is 0 Å². The number of carboxylic acid groups (broad SMARTS) is 1. The van der Waals surface area contributed by atoms with Crippen molar-refractivity contribution >= 4 is 44.3 Å². The van der Waals surface area contributed by atoms with Crippen LogP contribution in [0.5, 0.6) is 0 Å². The Balaban J connectivity index is 3.10. The van der Waals surface area contributed by atoms with Gasteiger partial charge in [0.1, 0.15) is 0 Å². The van der Waals surface area contributed by atoms with Crippen LogP contribution in [0.4, 0.5) is 0 Å². The third-order valence-electron chi connectivity index (χ3n) is 1.79. The zero-order valence-electron chi connectivity index (χ0n) is 7.78. The summed E-state index contributed by atoms with van der Waals surface area (Å²) in [6, 6.07) is 4.43. The van der Waals surface area contributed by atoms with Gasteiger partial charge in [-0.15, -0.1) is 0 Å². The molecule has 16 heavy (non-hydrogen) atoms. The average molecular weight is 281 g/mol. The number of halogens is 2. The molecule has 0 radical (unpaired) electrons. The molecule has 4 nitrogen and oxygen atoms in total. The molecule has 0 saturated carbocycles. The summed E-state index contributed by atoms with van der Waals surface area (Å²) in [5.74, 6) is -1.47. The van der Waals surface area contributed by atoms with Crippen LogP contribution in [0.3, 0.4) is 0 Å². The largest absolute Gasteiger partial charge is 0.477 e. The molecule has 0 atom stereocenters. The fourth-order valence-electron chi connectivity index (χ4n) is 1.04. The molecule has 1 aromatic rings. The van der Waals surface area contributed by atoms with Crippen molar-refractivity contribution in [3.05, 3.63) is 33.8 Å². The van der Waals surface area contributed by atoms with Gasteiger partial charge in [-0.2, -0.15) is 8.42 Å². The maximum absolute atomic E-state index is 10.6. The van der Waals surface area contributed by atoms with Crippen molar-refractivity contribution in [2.24, 2.45) is 0 Å². The van der Waals surface area contributed by atoms with E-state index in [-0.39, 0.29) is 11.4 Å². The average Bonchev–Trinajstić information content (AvgIpc) is 2.18. The van der Waals surface area contributed by atoms with Gasteiger partial charge in [-0.1, -0.05) is 29.3 Å². The van der Waals surface area contributed by atoms with E-state index in [9.17, 15) is 13.2 Å². The van der Waals surface area contributed by atoms with Gasteiger partial charge in [0.05, 0.1) is 10.0 Å². The van der Waals surface area contributed by atoms with Crippen molar-refractivity contribution in [2.45, 2.75) is 6.42 Å². The van der Waals surface area contributed by atoms with E-state index in [2.05, 4.69) is 0 Å². The van der Waals surface area contributed by atoms with Crippen LogP contribution in [-0.2, 0) is 21.5 Å². The Morgan fingerprint density at radius 3 is 2.31 bits per heavy atom. The number of rotatable bonds is 3. The molecule has 0 aliphatic rings. The number of carboxylic acids is 1. The van der Waals surface area contributed by atoms with Gasteiger partial charge in [-0.25, -0.2) is 4.79 Å². The van der Waals surface area contributed by atoms with Crippen LogP contribution in [0.1, 0.15) is 5.56 Å². The molecule has 0 spiro atoms. The van der Waals surface area contributed by atoms with E-state index >= 15 is 0 Å². The topological polar surface area (TPSA) is 71.4 Å². The third kappa shape index (κ3) is 3.23. The molecule has 0 unspecified atom stereocenters. The first-order valence-electron chi connectivity index (χ1n) is 4.04. The van der Waals surface area contributed by atoms with Gasteiger partial charge in [0.25, 0.3) is 0 Å². The molecular formula is C9H6Cl2O4S. The van der Waals surface area contributed by atoms with Crippen LogP contribution in [-0.4, -0.2) is 24.4 Å². The summed E-state index contributed by atoms with van der Waals surface area (Å²) in [7, 11) is -2.75. The van der Waals surface area contributed by atoms with E-state index in [1.165, 1.54) is 18.2 Å². The van der Waals surface area contributed by atoms with Crippen molar-refractivity contribution < 1.29 is 18.3 Å².